The number of halogens is 1. The highest BCUT2D eigenvalue weighted by molar-refractivity contribution is 9.09. The van der Waals surface area contributed by atoms with Gasteiger partial charge in [-0.2, -0.15) is 0 Å². The van der Waals surface area contributed by atoms with E-state index in [2.05, 4.69) is 64.2 Å². The normalized spacial score (nSPS) is 18.7. The quantitative estimate of drug-likeness (QED) is 0.770. The van der Waals surface area contributed by atoms with Crippen molar-refractivity contribution in [2.24, 2.45) is 5.92 Å². The zero-order valence-corrected chi connectivity index (χ0v) is 12.8. The summed E-state index contributed by atoms with van der Waals surface area (Å²) in [6.07, 6.45) is 2.50. The van der Waals surface area contributed by atoms with Crippen molar-refractivity contribution in [2.45, 2.75) is 24.6 Å². The van der Waals surface area contributed by atoms with Gasteiger partial charge >= 0.3 is 0 Å². The van der Waals surface area contributed by atoms with Gasteiger partial charge in [0, 0.05) is 23.3 Å². The van der Waals surface area contributed by atoms with Crippen LogP contribution in [0.4, 0.5) is 5.82 Å². The standard InChI is InChI=1S/C16H19BrN2/c1-12(17)13-8-10-19(11-9-13)16-7-6-14-4-2-3-5-15(14)18-16/h2-7,12-13H,8-11H2,1H3. The fourth-order valence-electron chi connectivity index (χ4n) is 2.82. The number of fused-ring (bicyclic) bond motifs is 1. The number of piperidine rings is 1. The van der Waals surface area contributed by atoms with Crippen LogP contribution in [0.1, 0.15) is 19.8 Å². The molecule has 0 N–H and O–H groups in total. The van der Waals surface area contributed by atoms with Crippen LogP contribution in [0, 0.1) is 5.92 Å². The van der Waals surface area contributed by atoms with E-state index in [0.29, 0.717) is 4.83 Å². The molecular weight excluding hydrogens is 300 g/mol. The Bertz CT molecular complexity index is 559. The number of alkyl halides is 1. The Balaban J connectivity index is 1.78. The van der Waals surface area contributed by atoms with Crippen LogP contribution in [0.25, 0.3) is 10.9 Å². The average molecular weight is 319 g/mol. The lowest BCUT2D eigenvalue weighted by Gasteiger charge is -2.34. The average Bonchev–Trinajstić information content (AvgIpc) is 2.47. The van der Waals surface area contributed by atoms with Gasteiger partial charge in [0.15, 0.2) is 0 Å². The molecule has 2 heterocycles. The largest absolute Gasteiger partial charge is 0.357 e. The fraction of sp³-hybridized carbons (Fsp3) is 0.438. The molecule has 100 valence electrons. The molecule has 0 amide bonds. The predicted molar refractivity (Wildman–Crippen MR) is 85.1 cm³/mol. The highest BCUT2D eigenvalue weighted by Gasteiger charge is 2.23. The summed E-state index contributed by atoms with van der Waals surface area (Å²) in [4.78, 5) is 7.82. The van der Waals surface area contributed by atoms with Gasteiger partial charge in [0.2, 0.25) is 0 Å². The van der Waals surface area contributed by atoms with Crippen LogP contribution in [0.5, 0.6) is 0 Å². The fourth-order valence-corrected chi connectivity index (χ4v) is 3.35. The van der Waals surface area contributed by atoms with Crippen molar-refractivity contribution in [3.8, 4) is 0 Å². The number of anilines is 1. The third kappa shape index (κ3) is 2.76. The third-order valence-electron chi connectivity index (χ3n) is 4.10. The van der Waals surface area contributed by atoms with Crippen LogP contribution >= 0.6 is 15.9 Å². The SMILES string of the molecule is CC(Br)C1CCN(c2ccc3ccccc3n2)CC1. The van der Waals surface area contributed by atoms with Gasteiger partial charge in [-0.1, -0.05) is 41.1 Å². The molecule has 3 heteroatoms. The summed E-state index contributed by atoms with van der Waals surface area (Å²) in [5.74, 6) is 1.93. The van der Waals surface area contributed by atoms with Gasteiger partial charge in [0.05, 0.1) is 5.52 Å². The molecule has 0 spiro atoms. The van der Waals surface area contributed by atoms with Crippen molar-refractivity contribution in [1.82, 2.24) is 4.98 Å². The van der Waals surface area contributed by atoms with Crippen LogP contribution in [-0.4, -0.2) is 22.9 Å². The van der Waals surface area contributed by atoms with Gasteiger partial charge < -0.3 is 4.90 Å². The number of hydrogen-bond donors (Lipinski definition) is 0. The van der Waals surface area contributed by atoms with Crippen LogP contribution < -0.4 is 4.90 Å². The lowest BCUT2D eigenvalue weighted by Crippen LogP contribution is -2.36. The molecule has 2 nitrogen and oxygen atoms in total. The highest BCUT2D eigenvalue weighted by atomic mass is 79.9. The number of aromatic nitrogens is 1. The van der Waals surface area contributed by atoms with Gasteiger partial charge in [-0.3, -0.25) is 0 Å². The van der Waals surface area contributed by atoms with E-state index in [1.54, 1.807) is 0 Å². The molecule has 1 aromatic carbocycles. The molecule has 19 heavy (non-hydrogen) atoms. The van der Waals surface area contributed by atoms with Crippen LogP contribution in [-0.2, 0) is 0 Å². The molecule has 0 aliphatic carbocycles. The smallest absolute Gasteiger partial charge is 0.129 e. The van der Waals surface area contributed by atoms with Gasteiger partial charge in [-0.25, -0.2) is 4.98 Å². The topological polar surface area (TPSA) is 16.1 Å². The zero-order valence-electron chi connectivity index (χ0n) is 11.2. The summed E-state index contributed by atoms with van der Waals surface area (Å²) in [6, 6.07) is 12.7. The number of pyridine rings is 1. The molecule has 1 aromatic heterocycles. The first kappa shape index (κ1) is 12.9. The first-order chi connectivity index (χ1) is 9.24. The van der Waals surface area contributed by atoms with Gasteiger partial charge in [-0.05, 0) is 37.0 Å². The van der Waals surface area contributed by atoms with Gasteiger partial charge in [0.1, 0.15) is 5.82 Å². The molecular formula is C16H19BrN2. The summed E-state index contributed by atoms with van der Waals surface area (Å²) >= 11 is 3.71. The number of nitrogens with zero attached hydrogens (tertiary/aromatic N) is 2. The molecule has 1 unspecified atom stereocenters. The monoisotopic (exact) mass is 318 g/mol. The van der Waals surface area contributed by atoms with Crippen molar-refractivity contribution in [2.75, 3.05) is 18.0 Å². The summed E-state index contributed by atoms with van der Waals surface area (Å²) in [5.41, 5.74) is 1.09. The highest BCUT2D eigenvalue weighted by Crippen LogP contribution is 2.28. The molecule has 0 saturated carbocycles. The molecule has 1 atom stereocenters. The Kier molecular flexibility index (Phi) is 3.74. The minimum atomic E-state index is 0.624. The predicted octanol–water partition coefficient (Wildman–Crippen LogP) is 4.23. The van der Waals surface area contributed by atoms with Gasteiger partial charge in [-0.15, -0.1) is 0 Å². The first-order valence-corrected chi connectivity index (χ1v) is 7.90. The minimum absolute atomic E-state index is 0.624. The second kappa shape index (κ2) is 5.49. The Morgan fingerprint density at radius 2 is 1.89 bits per heavy atom. The number of benzene rings is 1. The van der Waals surface area contributed by atoms with E-state index in [1.165, 1.54) is 18.2 Å². The van der Waals surface area contributed by atoms with Crippen LogP contribution in [0.3, 0.4) is 0 Å². The van der Waals surface area contributed by atoms with Gasteiger partial charge in [0.25, 0.3) is 0 Å². The summed E-state index contributed by atoms with van der Waals surface area (Å²) in [7, 11) is 0. The van der Waals surface area contributed by atoms with E-state index >= 15 is 0 Å². The van der Waals surface area contributed by atoms with Crippen LogP contribution in [0.15, 0.2) is 36.4 Å². The zero-order chi connectivity index (χ0) is 13.2. The van der Waals surface area contributed by atoms with Crippen LogP contribution in [0.2, 0.25) is 0 Å². The maximum absolute atomic E-state index is 4.78. The number of para-hydroxylation sites is 1. The lowest BCUT2D eigenvalue weighted by atomic mass is 9.94. The second-order valence-electron chi connectivity index (χ2n) is 5.36. The molecule has 1 saturated heterocycles. The Hall–Kier alpha value is -1.09. The molecule has 0 bridgehead atoms. The van der Waals surface area contributed by atoms with Crippen molar-refractivity contribution >= 4 is 32.7 Å². The number of hydrogen-bond acceptors (Lipinski definition) is 2. The third-order valence-corrected chi connectivity index (χ3v) is 4.84. The van der Waals surface area contributed by atoms with Crippen molar-refractivity contribution < 1.29 is 0 Å². The Morgan fingerprint density at radius 3 is 2.63 bits per heavy atom. The van der Waals surface area contributed by atoms with E-state index in [1.807, 2.05) is 0 Å². The van der Waals surface area contributed by atoms with Crippen molar-refractivity contribution in [3.05, 3.63) is 36.4 Å². The molecule has 0 radical (unpaired) electrons. The molecule has 1 aliphatic heterocycles. The van der Waals surface area contributed by atoms with E-state index in [4.69, 9.17) is 4.98 Å². The van der Waals surface area contributed by atoms with E-state index in [9.17, 15) is 0 Å². The number of rotatable bonds is 2. The molecule has 1 aliphatic rings. The molecule has 2 aromatic rings. The lowest BCUT2D eigenvalue weighted by molar-refractivity contribution is 0.406. The van der Waals surface area contributed by atoms with E-state index in [0.717, 1.165) is 30.3 Å². The minimum Gasteiger partial charge on any atom is -0.357 e. The Labute approximate surface area is 123 Å². The summed E-state index contributed by atoms with van der Waals surface area (Å²) in [6.45, 7) is 4.49. The van der Waals surface area contributed by atoms with Crippen molar-refractivity contribution in [3.63, 3.8) is 0 Å². The molecule has 1 fully saturated rings. The maximum Gasteiger partial charge on any atom is 0.129 e. The summed E-state index contributed by atoms with van der Waals surface area (Å²) in [5, 5.41) is 1.22. The Morgan fingerprint density at radius 1 is 1.16 bits per heavy atom. The van der Waals surface area contributed by atoms with E-state index in [-0.39, 0.29) is 0 Å². The summed E-state index contributed by atoms with van der Waals surface area (Å²) < 4.78 is 0. The second-order valence-corrected chi connectivity index (χ2v) is 6.81. The maximum atomic E-state index is 4.78. The first-order valence-electron chi connectivity index (χ1n) is 6.99. The van der Waals surface area contributed by atoms with Crippen molar-refractivity contribution in [1.29, 1.82) is 0 Å². The molecule has 3 rings (SSSR count). The van der Waals surface area contributed by atoms with E-state index < -0.39 is 0 Å².